The fourth-order valence-electron chi connectivity index (χ4n) is 2.57. The molecule has 2 rings (SSSR count). The largest absolute Gasteiger partial charge is 0.343 e. The van der Waals surface area contributed by atoms with Gasteiger partial charge in [0.05, 0.1) is 0 Å². The van der Waals surface area contributed by atoms with Gasteiger partial charge in [0.1, 0.15) is 0 Å². The van der Waals surface area contributed by atoms with Crippen LogP contribution in [-0.2, 0) is 11.2 Å². The van der Waals surface area contributed by atoms with Gasteiger partial charge >= 0.3 is 0 Å². The number of nitrogens with zero attached hydrogens (tertiary/aromatic N) is 1. The molecule has 0 N–H and O–H groups in total. The van der Waals surface area contributed by atoms with Crippen LogP contribution in [0.25, 0.3) is 0 Å². The van der Waals surface area contributed by atoms with Gasteiger partial charge in [-0.1, -0.05) is 30.7 Å². The Balaban J connectivity index is 1.82. The number of halogens is 1. The normalized spacial score (nSPS) is 20.1. The van der Waals surface area contributed by atoms with Gasteiger partial charge in [-0.3, -0.25) is 4.79 Å². The summed E-state index contributed by atoms with van der Waals surface area (Å²) in [5.41, 5.74) is 1.18. The highest BCUT2D eigenvalue weighted by Crippen LogP contribution is 2.18. The van der Waals surface area contributed by atoms with Gasteiger partial charge in [-0.05, 0) is 49.3 Å². The Hall–Kier alpha value is -1.02. The lowest BCUT2D eigenvalue weighted by molar-refractivity contribution is -0.131. The van der Waals surface area contributed by atoms with Gasteiger partial charge in [0.2, 0.25) is 5.91 Å². The van der Waals surface area contributed by atoms with Gasteiger partial charge in [0.15, 0.2) is 0 Å². The molecule has 1 unspecified atom stereocenters. The first-order valence-electron chi connectivity index (χ1n) is 7.17. The van der Waals surface area contributed by atoms with Gasteiger partial charge in [-0.15, -0.1) is 0 Å². The van der Waals surface area contributed by atoms with E-state index in [1.807, 2.05) is 29.2 Å². The van der Waals surface area contributed by atoms with Crippen molar-refractivity contribution >= 4 is 17.5 Å². The van der Waals surface area contributed by atoms with E-state index in [0.29, 0.717) is 12.3 Å². The fraction of sp³-hybridized carbons (Fsp3) is 0.562. The summed E-state index contributed by atoms with van der Waals surface area (Å²) in [4.78, 5) is 14.2. The minimum Gasteiger partial charge on any atom is -0.343 e. The van der Waals surface area contributed by atoms with E-state index in [2.05, 4.69) is 6.92 Å². The summed E-state index contributed by atoms with van der Waals surface area (Å²) in [6.07, 6.45) is 4.96. The molecule has 1 fully saturated rings. The van der Waals surface area contributed by atoms with Crippen molar-refractivity contribution in [2.24, 2.45) is 5.92 Å². The molecular weight excluding hydrogens is 258 g/mol. The number of likely N-dealkylation sites (tertiary alicyclic amines) is 1. The van der Waals surface area contributed by atoms with Crippen molar-refractivity contribution in [3.63, 3.8) is 0 Å². The lowest BCUT2D eigenvalue weighted by atomic mass is 10.0. The molecular formula is C16H22ClNO. The summed E-state index contributed by atoms with van der Waals surface area (Å²) >= 11 is 5.85. The zero-order valence-electron chi connectivity index (χ0n) is 11.6. The molecule has 1 aliphatic heterocycles. The average molecular weight is 280 g/mol. The van der Waals surface area contributed by atoms with Crippen molar-refractivity contribution in [3.05, 3.63) is 34.9 Å². The second-order valence-corrected chi connectivity index (χ2v) is 5.98. The second-order valence-electron chi connectivity index (χ2n) is 5.54. The number of hydrogen-bond acceptors (Lipinski definition) is 1. The van der Waals surface area contributed by atoms with Crippen LogP contribution in [0.3, 0.4) is 0 Å². The van der Waals surface area contributed by atoms with Crippen LogP contribution in [-0.4, -0.2) is 23.9 Å². The molecule has 1 atom stereocenters. The van der Waals surface area contributed by atoms with Gasteiger partial charge in [-0.2, -0.15) is 0 Å². The molecule has 1 amide bonds. The highest BCUT2D eigenvalue weighted by atomic mass is 35.5. The molecule has 1 heterocycles. The van der Waals surface area contributed by atoms with Gasteiger partial charge < -0.3 is 4.90 Å². The summed E-state index contributed by atoms with van der Waals surface area (Å²) in [5.74, 6) is 1.05. The third-order valence-corrected chi connectivity index (χ3v) is 4.16. The van der Waals surface area contributed by atoms with E-state index in [4.69, 9.17) is 11.6 Å². The first-order valence-corrected chi connectivity index (χ1v) is 7.55. The fourth-order valence-corrected chi connectivity index (χ4v) is 2.70. The zero-order valence-corrected chi connectivity index (χ0v) is 12.3. The first-order chi connectivity index (χ1) is 9.15. The maximum atomic E-state index is 12.2. The molecule has 0 saturated carbocycles. The Morgan fingerprint density at radius 2 is 2.00 bits per heavy atom. The third-order valence-electron chi connectivity index (χ3n) is 3.91. The SMILES string of the molecule is CC1CCCN(C(=O)CCc2ccc(Cl)cc2)CC1. The molecule has 0 bridgehead atoms. The van der Waals surface area contributed by atoms with E-state index in [1.54, 1.807) is 0 Å². The number of aryl methyl sites for hydroxylation is 1. The number of carbonyl (C=O) groups is 1. The summed E-state index contributed by atoms with van der Waals surface area (Å²) < 4.78 is 0. The predicted molar refractivity (Wildman–Crippen MR) is 79.4 cm³/mol. The standard InChI is InChI=1S/C16H22ClNO/c1-13-3-2-11-18(12-10-13)16(19)9-6-14-4-7-15(17)8-5-14/h4-5,7-8,13H,2-3,6,9-12H2,1H3. The molecule has 1 aromatic carbocycles. The van der Waals surface area contributed by atoms with Crippen LogP contribution >= 0.6 is 11.6 Å². The van der Waals surface area contributed by atoms with Crippen LogP contribution in [0.15, 0.2) is 24.3 Å². The highest BCUT2D eigenvalue weighted by molar-refractivity contribution is 6.30. The van der Waals surface area contributed by atoms with E-state index in [0.717, 1.165) is 43.3 Å². The number of rotatable bonds is 3. The van der Waals surface area contributed by atoms with Crippen LogP contribution in [0.4, 0.5) is 0 Å². The molecule has 0 spiro atoms. The Kier molecular flexibility index (Phi) is 5.26. The number of hydrogen-bond donors (Lipinski definition) is 0. The minimum atomic E-state index is 0.295. The molecule has 104 valence electrons. The van der Waals surface area contributed by atoms with Crippen LogP contribution in [0, 0.1) is 5.92 Å². The number of carbonyl (C=O) groups excluding carboxylic acids is 1. The van der Waals surface area contributed by atoms with E-state index in [-0.39, 0.29) is 0 Å². The van der Waals surface area contributed by atoms with Crippen molar-refractivity contribution in [3.8, 4) is 0 Å². The van der Waals surface area contributed by atoms with Crippen LogP contribution < -0.4 is 0 Å². The monoisotopic (exact) mass is 279 g/mol. The highest BCUT2D eigenvalue weighted by Gasteiger charge is 2.17. The molecule has 3 heteroatoms. The molecule has 1 aliphatic rings. The van der Waals surface area contributed by atoms with E-state index < -0.39 is 0 Å². The van der Waals surface area contributed by atoms with E-state index in [9.17, 15) is 4.79 Å². The second kappa shape index (κ2) is 6.95. The Labute approximate surface area is 120 Å². The third kappa shape index (κ3) is 4.54. The van der Waals surface area contributed by atoms with Gasteiger partial charge in [-0.25, -0.2) is 0 Å². The molecule has 2 nitrogen and oxygen atoms in total. The molecule has 0 aliphatic carbocycles. The van der Waals surface area contributed by atoms with Gasteiger partial charge in [0, 0.05) is 24.5 Å². The Bertz CT molecular complexity index is 415. The maximum absolute atomic E-state index is 12.2. The van der Waals surface area contributed by atoms with Crippen molar-refractivity contribution in [1.82, 2.24) is 4.90 Å². The summed E-state index contributed by atoms with van der Waals surface area (Å²) in [5, 5.41) is 0.747. The summed E-state index contributed by atoms with van der Waals surface area (Å²) in [7, 11) is 0. The minimum absolute atomic E-state index is 0.295. The number of benzene rings is 1. The maximum Gasteiger partial charge on any atom is 0.222 e. The summed E-state index contributed by atoms with van der Waals surface area (Å²) in [6, 6.07) is 7.77. The molecule has 0 aromatic heterocycles. The van der Waals surface area contributed by atoms with Gasteiger partial charge in [0.25, 0.3) is 0 Å². The zero-order chi connectivity index (χ0) is 13.7. The van der Waals surface area contributed by atoms with Crippen LogP contribution in [0.5, 0.6) is 0 Å². The Morgan fingerprint density at radius 1 is 1.26 bits per heavy atom. The van der Waals surface area contributed by atoms with Crippen LogP contribution in [0.2, 0.25) is 5.02 Å². The van der Waals surface area contributed by atoms with Crippen molar-refractivity contribution in [1.29, 1.82) is 0 Å². The summed E-state index contributed by atoms with van der Waals surface area (Å²) in [6.45, 7) is 4.14. The molecule has 0 radical (unpaired) electrons. The average Bonchev–Trinajstić information content (AvgIpc) is 2.63. The topological polar surface area (TPSA) is 20.3 Å². The molecule has 19 heavy (non-hydrogen) atoms. The predicted octanol–water partition coefficient (Wildman–Crippen LogP) is 3.92. The lowest BCUT2D eigenvalue weighted by Crippen LogP contribution is -2.32. The smallest absolute Gasteiger partial charge is 0.222 e. The van der Waals surface area contributed by atoms with E-state index in [1.165, 1.54) is 12.0 Å². The van der Waals surface area contributed by atoms with Crippen molar-refractivity contribution < 1.29 is 4.79 Å². The number of amides is 1. The first kappa shape index (κ1) is 14.4. The van der Waals surface area contributed by atoms with Crippen molar-refractivity contribution in [2.45, 2.75) is 39.0 Å². The quantitative estimate of drug-likeness (QED) is 0.821. The lowest BCUT2D eigenvalue weighted by Gasteiger charge is -2.20. The molecule has 1 aromatic rings. The van der Waals surface area contributed by atoms with Crippen molar-refractivity contribution in [2.75, 3.05) is 13.1 Å². The van der Waals surface area contributed by atoms with E-state index >= 15 is 0 Å². The Morgan fingerprint density at radius 3 is 2.74 bits per heavy atom. The van der Waals surface area contributed by atoms with Crippen LogP contribution in [0.1, 0.15) is 38.2 Å². The molecule has 1 saturated heterocycles.